The topological polar surface area (TPSA) is 180 Å². The summed E-state index contributed by atoms with van der Waals surface area (Å²) in [7, 11) is -3.67. The fraction of sp³-hybridized carbons (Fsp3) is 0.222. The van der Waals surface area contributed by atoms with E-state index in [2.05, 4.69) is 5.32 Å². The molecule has 0 unspecified atom stereocenters. The van der Waals surface area contributed by atoms with Crippen LogP contribution < -0.4 is 15.8 Å². The second-order valence-electron chi connectivity index (χ2n) is 8.80. The zero-order chi connectivity index (χ0) is 28.5. The lowest BCUT2D eigenvalue weighted by Gasteiger charge is -2.15. The number of carboxylic acids is 1. The molecule has 1 amide bonds. The Morgan fingerprint density at radius 1 is 1.00 bits per heavy atom. The summed E-state index contributed by atoms with van der Waals surface area (Å²) in [5, 5.41) is 20.1. The minimum Gasteiger partial charge on any atom is -0.488 e. The molecule has 38 heavy (non-hydrogen) atoms. The monoisotopic (exact) mass is 541 g/mol. The average molecular weight is 542 g/mol. The summed E-state index contributed by atoms with van der Waals surface area (Å²) in [5.41, 5.74) is 8.39. The third kappa shape index (κ3) is 9.68. The average Bonchev–Trinajstić information content (AvgIpc) is 2.85. The van der Waals surface area contributed by atoms with Gasteiger partial charge in [0.15, 0.2) is 0 Å². The molecule has 0 aliphatic heterocycles. The molecule has 0 heterocycles. The van der Waals surface area contributed by atoms with E-state index in [1.54, 1.807) is 42.5 Å². The van der Waals surface area contributed by atoms with Gasteiger partial charge >= 0.3 is 5.97 Å². The predicted molar refractivity (Wildman–Crippen MR) is 145 cm³/mol. The number of amidine groups is 1. The molecule has 0 saturated heterocycles. The lowest BCUT2D eigenvalue weighted by molar-refractivity contribution is 0.0697. The van der Waals surface area contributed by atoms with Crippen LogP contribution in [0.5, 0.6) is 5.75 Å². The van der Waals surface area contributed by atoms with Crippen LogP contribution >= 0.6 is 0 Å². The van der Waals surface area contributed by atoms with Crippen molar-refractivity contribution in [2.24, 2.45) is 11.7 Å². The van der Waals surface area contributed by atoms with E-state index in [1.165, 1.54) is 6.07 Å². The van der Waals surface area contributed by atoms with E-state index in [4.69, 9.17) is 20.4 Å². The van der Waals surface area contributed by atoms with Crippen molar-refractivity contribution in [3.05, 3.63) is 89.0 Å². The minimum absolute atomic E-state index is 0.00431. The summed E-state index contributed by atoms with van der Waals surface area (Å²) < 4.78 is 31.9. The van der Waals surface area contributed by atoms with Crippen molar-refractivity contribution in [1.29, 1.82) is 5.41 Å². The summed E-state index contributed by atoms with van der Waals surface area (Å²) in [4.78, 5) is 24.4. The molecule has 3 aromatic carbocycles. The van der Waals surface area contributed by atoms with Crippen molar-refractivity contribution < 1.29 is 32.4 Å². The molecule has 0 aliphatic carbocycles. The smallest absolute Gasteiger partial charge is 0.336 e. The number of nitrogen functional groups attached to an aromatic ring is 1. The SMILES string of the molecule is CC(C)CNC(=O)c1ccc(-c2ccccc2OCc2ccc(C(=N)N)cc2)c(C(=O)O)c1.CS(=O)(=O)O. The zero-order valence-corrected chi connectivity index (χ0v) is 22.1. The van der Waals surface area contributed by atoms with Gasteiger partial charge in [-0.3, -0.25) is 14.8 Å². The van der Waals surface area contributed by atoms with E-state index in [0.717, 1.165) is 5.56 Å². The molecule has 6 N–H and O–H groups in total. The van der Waals surface area contributed by atoms with Gasteiger partial charge in [-0.25, -0.2) is 4.79 Å². The summed E-state index contributed by atoms with van der Waals surface area (Å²) >= 11 is 0. The lowest BCUT2D eigenvalue weighted by Crippen LogP contribution is -2.27. The summed E-state index contributed by atoms with van der Waals surface area (Å²) in [6.45, 7) is 4.74. The van der Waals surface area contributed by atoms with Crippen LogP contribution in [0.3, 0.4) is 0 Å². The molecule has 3 aromatic rings. The zero-order valence-electron chi connectivity index (χ0n) is 21.3. The van der Waals surface area contributed by atoms with Crippen molar-refractivity contribution in [2.45, 2.75) is 20.5 Å². The van der Waals surface area contributed by atoms with Crippen LogP contribution in [-0.4, -0.2) is 48.6 Å². The van der Waals surface area contributed by atoms with E-state index in [9.17, 15) is 23.1 Å². The third-order valence-corrected chi connectivity index (χ3v) is 5.02. The molecular formula is C27H31N3O7S. The fourth-order valence-corrected chi connectivity index (χ4v) is 3.25. The van der Waals surface area contributed by atoms with Crippen molar-refractivity contribution in [1.82, 2.24) is 5.32 Å². The number of amides is 1. The van der Waals surface area contributed by atoms with Crippen LogP contribution in [-0.2, 0) is 16.7 Å². The maximum absolute atomic E-state index is 12.4. The number of rotatable bonds is 9. The third-order valence-electron chi connectivity index (χ3n) is 5.02. The molecule has 0 saturated carbocycles. The first kappa shape index (κ1) is 30.0. The quantitative estimate of drug-likeness (QED) is 0.154. The number of carbonyl (C=O) groups is 2. The van der Waals surface area contributed by atoms with Gasteiger partial charge in [-0.2, -0.15) is 8.42 Å². The van der Waals surface area contributed by atoms with Gasteiger partial charge in [0.25, 0.3) is 16.0 Å². The van der Waals surface area contributed by atoms with Crippen molar-refractivity contribution in [3.63, 3.8) is 0 Å². The number of ether oxygens (including phenoxy) is 1. The second-order valence-corrected chi connectivity index (χ2v) is 10.3. The molecule has 0 aliphatic rings. The maximum Gasteiger partial charge on any atom is 0.336 e. The van der Waals surface area contributed by atoms with Crippen molar-refractivity contribution >= 4 is 27.8 Å². The molecule has 11 heteroatoms. The minimum atomic E-state index is -3.67. The van der Waals surface area contributed by atoms with Crippen LogP contribution in [0.2, 0.25) is 0 Å². The number of aromatic carboxylic acids is 1. The number of carboxylic acid groups (broad SMARTS) is 1. The Bertz CT molecular complexity index is 1390. The number of nitrogens with one attached hydrogen (secondary N) is 2. The highest BCUT2D eigenvalue weighted by atomic mass is 32.2. The first-order valence-electron chi connectivity index (χ1n) is 11.5. The van der Waals surface area contributed by atoms with E-state index in [1.807, 2.05) is 32.0 Å². The molecule has 0 bridgehead atoms. The highest BCUT2D eigenvalue weighted by Gasteiger charge is 2.18. The molecule has 10 nitrogen and oxygen atoms in total. The molecule has 0 radical (unpaired) electrons. The predicted octanol–water partition coefficient (Wildman–Crippen LogP) is 3.80. The van der Waals surface area contributed by atoms with Crippen LogP contribution in [0.1, 0.15) is 45.7 Å². The van der Waals surface area contributed by atoms with Gasteiger partial charge in [-0.15, -0.1) is 0 Å². The van der Waals surface area contributed by atoms with Crippen molar-refractivity contribution in [3.8, 4) is 16.9 Å². The van der Waals surface area contributed by atoms with Gasteiger partial charge in [0.1, 0.15) is 18.2 Å². The normalized spacial score (nSPS) is 10.8. The van der Waals surface area contributed by atoms with Gasteiger partial charge in [-0.05, 0) is 35.2 Å². The number of hydrogen-bond acceptors (Lipinski definition) is 6. The summed E-state index contributed by atoms with van der Waals surface area (Å²) in [5.74, 6) is -0.632. The number of nitrogens with two attached hydrogens (primary N) is 1. The number of hydrogen-bond donors (Lipinski definition) is 5. The Hall–Kier alpha value is -4.22. The van der Waals surface area contributed by atoms with Gasteiger partial charge in [0, 0.05) is 23.2 Å². The Balaban J connectivity index is 0.000000926. The summed E-state index contributed by atoms with van der Waals surface area (Å²) in [6.07, 6.45) is 0.715. The van der Waals surface area contributed by atoms with Crippen molar-refractivity contribution in [2.75, 3.05) is 12.8 Å². The van der Waals surface area contributed by atoms with Gasteiger partial charge < -0.3 is 20.9 Å². The van der Waals surface area contributed by atoms with Gasteiger partial charge in [0.05, 0.1) is 11.8 Å². The summed E-state index contributed by atoms with van der Waals surface area (Å²) in [6, 6.07) is 19.0. The van der Waals surface area contributed by atoms with Gasteiger partial charge in [-0.1, -0.05) is 62.4 Å². The maximum atomic E-state index is 12.4. The molecular weight excluding hydrogens is 510 g/mol. The van der Waals surface area contributed by atoms with E-state index >= 15 is 0 Å². The first-order valence-corrected chi connectivity index (χ1v) is 13.3. The lowest BCUT2D eigenvalue weighted by atomic mass is 9.96. The molecule has 0 aromatic heterocycles. The number of benzene rings is 3. The highest BCUT2D eigenvalue weighted by Crippen LogP contribution is 2.33. The number of para-hydroxylation sites is 1. The molecule has 202 valence electrons. The van der Waals surface area contributed by atoms with Crippen LogP contribution in [0.4, 0.5) is 0 Å². The molecule has 0 spiro atoms. The molecule has 3 rings (SSSR count). The molecule has 0 fully saturated rings. The Morgan fingerprint density at radius 3 is 2.13 bits per heavy atom. The van der Waals surface area contributed by atoms with E-state index < -0.39 is 16.1 Å². The standard InChI is InChI=1S/C26H27N3O4.CH4O3S/c1-16(2)14-29-25(30)19-11-12-20(22(13-19)26(31)32)21-5-3-4-6-23(21)33-15-17-7-9-18(10-8-17)24(27)28;1-5(2,3)4/h3-13,16H,14-15H2,1-2H3,(H3,27,28)(H,29,30)(H,31,32);1H3,(H,2,3,4). The Morgan fingerprint density at radius 2 is 1.58 bits per heavy atom. The Labute approximate surface area is 221 Å². The second kappa shape index (κ2) is 13.4. The highest BCUT2D eigenvalue weighted by molar-refractivity contribution is 7.85. The van der Waals surface area contributed by atoms with Crippen LogP contribution in [0.25, 0.3) is 11.1 Å². The van der Waals surface area contributed by atoms with Gasteiger partial charge in [0.2, 0.25) is 0 Å². The Kier molecular flexibility index (Phi) is 10.5. The molecule has 0 atom stereocenters. The number of carbonyl (C=O) groups excluding carboxylic acids is 1. The first-order chi connectivity index (χ1) is 17.8. The van der Waals surface area contributed by atoms with Crippen LogP contribution in [0, 0.1) is 11.3 Å². The fourth-order valence-electron chi connectivity index (χ4n) is 3.25. The van der Waals surface area contributed by atoms with E-state index in [-0.39, 0.29) is 29.8 Å². The largest absolute Gasteiger partial charge is 0.488 e. The van der Waals surface area contributed by atoms with E-state index in [0.29, 0.717) is 40.8 Å². The van der Waals surface area contributed by atoms with Crippen LogP contribution in [0.15, 0.2) is 66.7 Å².